The number of benzene rings is 4. The van der Waals surface area contributed by atoms with Gasteiger partial charge >= 0.3 is 0 Å². The van der Waals surface area contributed by atoms with E-state index in [1.165, 1.54) is 0 Å². The van der Waals surface area contributed by atoms with Crippen LogP contribution >= 0.6 is 23.2 Å². The topological polar surface area (TPSA) is 71.8 Å². The van der Waals surface area contributed by atoms with Crippen molar-refractivity contribution in [3.8, 4) is 17.2 Å². The first-order valence-electron chi connectivity index (χ1n) is 10.2. The van der Waals surface area contributed by atoms with Gasteiger partial charge in [-0.1, -0.05) is 53.5 Å². The highest BCUT2D eigenvalue weighted by Gasteiger charge is 2.18. The third-order valence-corrected chi connectivity index (χ3v) is 6.32. The summed E-state index contributed by atoms with van der Waals surface area (Å²) >= 11 is 12.5. The number of nitrogens with two attached hydrogens (primary N) is 1. The Morgan fingerprint density at radius 2 is 1.85 bits per heavy atom. The number of hydrogen-bond donors (Lipinski definition) is 1. The highest BCUT2D eigenvalue weighted by Crippen LogP contribution is 2.37. The van der Waals surface area contributed by atoms with Crippen LogP contribution in [0.1, 0.15) is 21.5 Å². The molecule has 2 N–H and O–H groups in total. The van der Waals surface area contributed by atoms with Crippen LogP contribution < -0.4 is 5.73 Å². The molecular formula is C27H16Cl2N3O. The first-order chi connectivity index (χ1) is 16.0. The van der Waals surface area contributed by atoms with Crippen molar-refractivity contribution in [1.82, 2.24) is 4.57 Å². The summed E-state index contributed by atoms with van der Waals surface area (Å²) in [5, 5.41) is 12.2. The average molecular weight is 469 g/mol. The molecule has 0 aliphatic rings. The van der Waals surface area contributed by atoms with E-state index < -0.39 is 5.91 Å². The Morgan fingerprint density at radius 1 is 1.03 bits per heavy atom. The van der Waals surface area contributed by atoms with Crippen molar-refractivity contribution in [2.75, 3.05) is 0 Å². The van der Waals surface area contributed by atoms with Crippen LogP contribution in [0.25, 0.3) is 32.9 Å². The molecule has 0 unspecified atom stereocenters. The lowest BCUT2D eigenvalue weighted by Crippen LogP contribution is -2.11. The summed E-state index contributed by atoms with van der Waals surface area (Å²) in [6.07, 6.45) is 0. The van der Waals surface area contributed by atoms with E-state index in [0.29, 0.717) is 27.7 Å². The van der Waals surface area contributed by atoms with Gasteiger partial charge in [0.25, 0.3) is 0 Å². The molecule has 159 valence electrons. The molecule has 4 nitrogen and oxygen atoms in total. The van der Waals surface area contributed by atoms with Crippen molar-refractivity contribution in [1.29, 1.82) is 5.26 Å². The van der Waals surface area contributed by atoms with Gasteiger partial charge in [0.1, 0.15) is 0 Å². The fraction of sp³-hybridized carbons (Fsp3) is 0.0370. The molecule has 1 aromatic heterocycles. The standard InChI is InChI=1S/C27H16Cl2N3O/c28-19-9-11-20(23(29)13-19)16-8-10-21-25(12-16)32(15-18-5-2-1-4-17(18)14-30)24-7-3-6-22(26(21)24)27(31)33/h1-9,11-13H,15H2,(H2,31,33). The monoisotopic (exact) mass is 468 g/mol. The summed E-state index contributed by atoms with van der Waals surface area (Å²) in [4.78, 5) is 12.2. The Balaban J connectivity index is 1.83. The number of hydrogen-bond acceptors (Lipinski definition) is 2. The van der Waals surface area contributed by atoms with E-state index in [4.69, 9.17) is 28.9 Å². The zero-order valence-corrected chi connectivity index (χ0v) is 18.8. The second-order valence-electron chi connectivity index (χ2n) is 7.69. The molecular weight excluding hydrogens is 453 g/mol. The van der Waals surface area contributed by atoms with E-state index in [2.05, 4.69) is 16.7 Å². The largest absolute Gasteiger partial charge is 0.366 e. The lowest BCUT2D eigenvalue weighted by Gasteiger charge is -2.11. The molecule has 1 amide bonds. The van der Waals surface area contributed by atoms with Crippen molar-refractivity contribution in [2.45, 2.75) is 6.54 Å². The van der Waals surface area contributed by atoms with Crippen molar-refractivity contribution in [2.24, 2.45) is 5.73 Å². The molecule has 0 saturated heterocycles. The van der Waals surface area contributed by atoms with Gasteiger partial charge < -0.3 is 10.3 Å². The molecule has 5 aromatic rings. The van der Waals surface area contributed by atoms with Crippen LogP contribution in [0.15, 0.2) is 72.8 Å². The zero-order valence-electron chi connectivity index (χ0n) is 17.3. The van der Waals surface area contributed by atoms with Crippen LogP contribution in [0.3, 0.4) is 0 Å². The molecule has 0 bridgehead atoms. The Bertz CT molecular complexity index is 1610. The van der Waals surface area contributed by atoms with Gasteiger partial charge in [0, 0.05) is 38.5 Å². The molecule has 33 heavy (non-hydrogen) atoms. The molecule has 6 heteroatoms. The Labute approximate surface area is 200 Å². The van der Waals surface area contributed by atoms with Crippen molar-refractivity contribution in [3.05, 3.63) is 106 Å². The number of carbonyl (C=O) groups is 1. The SMILES string of the molecule is N#Cc1ccccc1Cn1c2cc(-c3ccc(Cl)cc3Cl)c[c]c2c2c(C(N)=O)cccc21. The molecule has 0 aliphatic heterocycles. The van der Waals surface area contributed by atoms with Crippen LogP contribution in [0, 0.1) is 17.4 Å². The normalized spacial score (nSPS) is 11.1. The number of aromatic nitrogens is 1. The van der Waals surface area contributed by atoms with Crippen molar-refractivity contribution >= 4 is 50.9 Å². The van der Waals surface area contributed by atoms with Crippen LogP contribution in [0.4, 0.5) is 0 Å². The number of amides is 1. The van der Waals surface area contributed by atoms with Gasteiger partial charge in [-0.3, -0.25) is 4.79 Å². The number of carbonyl (C=O) groups excluding carboxylic acids is 1. The third kappa shape index (κ3) is 3.62. The molecule has 0 saturated carbocycles. The van der Waals surface area contributed by atoms with Crippen LogP contribution in [-0.4, -0.2) is 10.5 Å². The van der Waals surface area contributed by atoms with E-state index in [1.54, 1.807) is 24.3 Å². The average Bonchev–Trinajstić information content (AvgIpc) is 3.12. The maximum Gasteiger partial charge on any atom is 0.249 e. The minimum absolute atomic E-state index is 0.429. The van der Waals surface area contributed by atoms with Crippen LogP contribution in [-0.2, 0) is 6.54 Å². The molecule has 0 fully saturated rings. The number of primary amides is 1. The second-order valence-corrected chi connectivity index (χ2v) is 8.54. The van der Waals surface area contributed by atoms with Gasteiger partial charge in [-0.15, -0.1) is 0 Å². The summed E-state index contributed by atoms with van der Waals surface area (Å²) in [5.41, 5.74) is 11.0. The fourth-order valence-corrected chi connectivity index (χ4v) is 4.77. The highest BCUT2D eigenvalue weighted by atomic mass is 35.5. The van der Waals surface area contributed by atoms with Crippen molar-refractivity contribution in [3.63, 3.8) is 0 Å². The van der Waals surface area contributed by atoms with E-state index in [1.807, 2.05) is 48.5 Å². The Kier molecular flexibility index (Phi) is 5.30. The van der Waals surface area contributed by atoms with Gasteiger partial charge in [-0.05, 0) is 59.7 Å². The summed E-state index contributed by atoms with van der Waals surface area (Å²) in [6.45, 7) is 0.442. The summed E-state index contributed by atoms with van der Waals surface area (Å²) < 4.78 is 2.08. The van der Waals surface area contributed by atoms with E-state index >= 15 is 0 Å². The number of halogens is 2. The van der Waals surface area contributed by atoms with Crippen LogP contribution in [0.5, 0.6) is 0 Å². The molecule has 1 heterocycles. The molecule has 0 spiro atoms. The highest BCUT2D eigenvalue weighted by molar-refractivity contribution is 6.36. The Hall–Kier alpha value is -3.78. The van der Waals surface area contributed by atoms with Gasteiger partial charge in [0.05, 0.1) is 22.7 Å². The molecule has 0 atom stereocenters. The third-order valence-electron chi connectivity index (χ3n) is 5.77. The molecule has 1 radical (unpaired) electrons. The summed E-state index contributed by atoms with van der Waals surface area (Å²) in [5.74, 6) is -0.504. The molecule has 4 aromatic carbocycles. The van der Waals surface area contributed by atoms with Gasteiger partial charge in [0.15, 0.2) is 0 Å². The second kappa shape index (κ2) is 8.29. The lowest BCUT2D eigenvalue weighted by atomic mass is 10.0. The minimum atomic E-state index is -0.504. The Morgan fingerprint density at radius 3 is 2.61 bits per heavy atom. The lowest BCUT2D eigenvalue weighted by molar-refractivity contribution is 0.100. The van der Waals surface area contributed by atoms with Gasteiger partial charge in [0.2, 0.25) is 5.91 Å². The summed E-state index contributed by atoms with van der Waals surface area (Å²) in [7, 11) is 0. The minimum Gasteiger partial charge on any atom is -0.366 e. The predicted molar refractivity (Wildman–Crippen MR) is 133 cm³/mol. The van der Waals surface area contributed by atoms with Crippen LogP contribution in [0.2, 0.25) is 10.0 Å². The number of nitrogens with zero attached hydrogens (tertiary/aromatic N) is 2. The maximum absolute atomic E-state index is 12.2. The smallest absolute Gasteiger partial charge is 0.249 e. The summed E-state index contributed by atoms with van der Waals surface area (Å²) in [6, 6.07) is 27.8. The van der Waals surface area contributed by atoms with Crippen molar-refractivity contribution < 1.29 is 4.79 Å². The quantitative estimate of drug-likeness (QED) is 0.323. The van der Waals surface area contributed by atoms with Gasteiger partial charge in [-0.25, -0.2) is 0 Å². The number of fused-ring (bicyclic) bond motifs is 3. The molecule has 5 rings (SSSR count). The van der Waals surface area contributed by atoms with E-state index in [0.717, 1.165) is 38.5 Å². The fourth-order valence-electron chi connectivity index (χ4n) is 4.25. The van der Waals surface area contributed by atoms with E-state index in [-0.39, 0.29) is 0 Å². The maximum atomic E-state index is 12.2. The zero-order chi connectivity index (χ0) is 23.1. The first-order valence-corrected chi connectivity index (χ1v) is 10.9. The first kappa shape index (κ1) is 21.1. The number of nitriles is 1. The number of rotatable bonds is 4. The van der Waals surface area contributed by atoms with Gasteiger partial charge in [-0.2, -0.15) is 5.26 Å². The van der Waals surface area contributed by atoms with E-state index in [9.17, 15) is 10.1 Å². The predicted octanol–water partition coefficient (Wildman–Crippen LogP) is 6.59. The molecule has 0 aliphatic carbocycles.